The fourth-order valence-corrected chi connectivity index (χ4v) is 6.94. The molecular formula is C32H44O7. The number of hydrogen-bond acceptors (Lipinski definition) is 7. The van der Waals surface area contributed by atoms with E-state index in [-0.39, 0.29) is 30.3 Å². The number of carbonyl (C=O) groups excluding carboxylic acids is 1. The van der Waals surface area contributed by atoms with E-state index in [2.05, 4.69) is 46.4 Å². The lowest BCUT2D eigenvalue weighted by molar-refractivity contribution is -0.334. The Balaban J connectivity index is 1.52. The number of esters is 1. The zero-order chi connectivity index (χ0) is 27.9. The second-order valence-corrected chi connectivity index (χ2v) is 12.3. The van der Waals surface area contributed by atoms with Gasteiger partial charge in [-0.3, -0.25) is 0 Å². The van der Waals surface area contributed by atoms with Crippen LogP contribution in [0.1, 0.15) is 72.6 Å². The fraction of sp³-hybridized carbons (Fsp3) is 0.656. The average molecular weight is 541 g/mol. The first-order valence-corrected chi connectivity index (χ1v) is 14.6. The van der Waals surface area contributed by atoms with Gasteiger partial charge in [-0.2, -0.15) is 0 Å². The summed E-state index contributed by atoms with van der Waals surface area (Å²) in [5.74, 6) is -0.710. The maximum atomic E-state index is 13.8. The molecular weight excluding hydrogens is 496 g/mol. The highest BCUT2D eigenvalue weighted by Gasteiger charge is 2.58. The van der Waals surface area contributed by atoms with Crippen LogP contribution in [0.3, 0.4) is 0 Å². The van der Waals surface area contributed by atoms with Crippen LogP contribution >= 0.6 is 0 Å². The number of allylic oxidation sites excluding steroid dienone is 4. The smallest absolute Gasteiger partial charge is 0.337 e. The van der Waals surface area contributed by atoms with Crippen molar-refractivity contribution in [2.45, 2.75) is 115 Å². The Labute approximate surface area is 232 Å². The predicted octanol–water partition coefficient (Wildman–Crippen LogP) is 4.84. The second kappa shape index (κ2) is 11.1. The van der Waals surface area contributed by atoms with Crippen molar-refractivity contribution in [3.8, 4) is 0 Å². The van der Waals surface area contributed by atoms with Gasteiger partial charge in [-0.25, -0.2) is 4.79 Å². The van der Waals surface area contributed by atoms with Crippen molar-refractivity contribution in [3.63, 3.8) is 0 Å². The Kier molecular flexibility index (Phi) is 8.11. The second-order valence-electron chi connectivity index (χ2n) is 12.3. The van der Waals surface area contributed by atoms with E-state index in [9.17, 15) is 15.0 Å². The molecule has 4 heterocycles. The largest absolute Gasteiger partial charge is 0.459 e. The molecule has 4 aliphatic heterocycles. The van der Waals surface area contributed by atoms with E-state index < -0.39 is 35.7 Å². The Hall–Kier alpha value is -2.03. The van der Waals surface area contributed by atoms with E-state index in [1.165, 1.54) is 11.6 Å². The molecule has 39 heavy (non-hydrogen) atoms. The van der Waals surface area contributed by atoms with Gasteiger partial charge < -0.3 is 29.2 Å². The Morgan fingerprint density at radius 3 is 2.77 bits per heavy atom. The molecule has 9 atom stereocenters. The lowest BCUT2D eigenvalue weighted by Gasteiger charge is -2.49. The Bertz CT molecular complexity index is 1100. The summed E-state index contributed by atoms with van der Waals surface area (Å²) in [7, 11) is 0. The van der Waals surface area contributed by atoms with Gasteiger partial charge in [0.05, 0.1) is 24.4 Å². The third kappa shape index (κ3) is 5.49. The van der Waals surface area contributed by atoms with Gasteiger partial charge in [-0.05, 0) is 61.7 Å². The van der Waals surface area contributed by atoms with Crippen LogP contribution in [0.4, 0.5) is 0 Å². The fourth-order valence-electron chi connectivity index (χ4n) is 6.94. The van der Waals surface area contributed by atoms with Crippen molar-refractivity contribution in [1.82, 2.24) is 0 Å². The van der Waals surface area contributed by atoms with Gasteiger partial charge in [-0.15, -0.1) is 0 Å². The topological polar surface area (TPSA) is 94.5 Å². The molecule has 3 fully saturated rings. The van der Waals surface area contributed by atoms with Gasteiger partial charge in [0.1, 0.15) is 23.9 Å². The number of fused-ring (bicyclic) bond motifs is 2. The molecule has 2 N–H and O–H groups in total. The minimum absolute atomic E-state index is 0.0533. The number of carbonyl (C=O) groups is 1. The molecule has 0 amide bonds. The monoisotopic (exact) mass is 540 g/mol. The number of hydrogen-bond donors (Lipinski definition) is 2. The van der Waals surface area contributed by atoms with Crippen molar-refractivity contribution in [1.29, 1.82) is 0 Å². The van der Waals surface area contributed by atoms with E-state index in [0.29, 0.717) is 36.3 Å². The third-order valence-corrected chi connectivity index (χ3v) is 9.16. The van der Waals surface area contributed by atoms with Crippen LogP contribution < -0.4 is 0 Å². The van der Waals surface area contributed by atoms with Crippen LogP contribution in [0, 0.1) is 11.8 Å². The highest BCUT2D eigenvalue weighted by atomic mass is 16.7. The Morgan fingerprint density at radius 2 is 2.00 bits per heavy atom. The minimum Gasteiger partial charge on any atom is -0.459 e. The molecule has 7 heteroatoms. The zero-order valence-electron chi connectivity index (χ0n) is 23.7. The van der Waals surface area contributed by atoms with Crippen molar-refractivity contribution in [2.24, 2.45) is 11.8 Å². The van der Waals surface area contributed by atoms with Gasteiger partial charge in [0.2, 0.25) is 0 Å². The maximum absolute atomic E-state index is 13.8. The molecule has 0 aromatic carbocycles. The molecule has 0 saturated carbocycles. The van der Waals surface area contributed by atoms with Gasteiger partial charge in [0, 0.05) is 19.3 Å². The molecule has 1 spiro atoms. The highest BCUT2D eigenvalue weighted by molar-refractivity contribution is 5.93. The van der Waals surface area contributed by atoms with E-state index in [1.54, 1.807) is 6.08 Å². The van der Waals surface area contributed by atoms with Gasteiger partial charge in [0.15, 0.2) is 5.79 Å². The van der Waals surface area contributed by atoms with E-state index in [0.717, 1.165) is 25.7 Å². The predicted molar refractivity (Wildman–Crippen MR) is 148 cm³/mol. The molecule has 2 bridgehead atoms. The standard InChI is InChI=1S/C32H44O7/c1-6-27-21(4)12-13-31(39-27)17-25-16-24(38-31)11-10-20(3)14-19(2)8-7-9-23-18-36-29-28(33)22(5)15-26(30(34)37-25)32(23,29)35/h7-10,15,19,21,24-25,27-29,33,35H,5-6,11-14,16-18H2,1-4H3/b8-7+,20-10+,23-9+/t19-,21-,24+,25-,27+,28+,29+,31+,32+/m0/s1. The molecule has 1 aliphatic carbocycles. The van der Waals surface area contributed by atoms with Crippen LogP contribution in [0.2, 0.25) is 0 Å². The van der Waals surface area contributed by atoms with E-state index in [4.69, 9.17) is 18.9 Å². The van der Waals surface area contributed by atoms with Gasteiger partial charge >= 0.3 is 5.97 Å². The van der Waals surface area contributed by atoms with Crippen molar-refractivity contribution < 1.29 is 34.0 Å². The lowest BCUT2D eigenvalue weighted by Crippen LogP contribution is -2.55. The van der Waals surface area contributed by atoms with Crippen LogP contribution in [-0.4, -0.2) is 64.7 Å². The first-order valence-electron chi connectivity index (χ1n) is 14.6. The lowest BCUT2D eigenvalue weighted by atomic mass is 9.74. The number of rotatable bonds is 1. The van der Waals surface area contributed by atoms with Crippen LogP contribution in [0.5, 0.6) is 0 Å². The van der Waals surface area contributed by atoms with Crippen molar-refractivity contribution in [3.05, 3.63) is 59.3 Å². The summed E-state index contributed by atoms with van der Waals surface area (Å²) in [5, 5.41) is 22.8. The van der Waals surface area contributed by atoms with Crippen LogP contribution in [-0.2, 0) is 23.7 Å². The van der Waals surface area contributed by atoms with Gasteiger partial charge in [-0.1, -0.05) is 57.2 Å². The SMILES string of the molecule is C=C1C=C2C(=O)O[C@H]3C[C@@H](C/C=C(\C)C[C@@H](C)/C=C/C=C4\CO[C@H]([C@@H]1O)[C@]24O)O[C@@]1(CC[C@H](C)[C@@H](CC)O1)C3. The maximum Gasteiger partial charge on any atom is 0.337 e. The van der Waals surface area contributed by atoms with E-state index in [1.807, 2.05) is 6.08 Å². The molecule has 0 aromatic heterocycles. The van der Waals surface area contributed by atoms with Crippen LogP contribution in [0.15, 0.2) is 59.3 Å². The van der Waals surface area contributed by atoms with Crippen LogP contribution in [0.25, 0.3) is 0 Å². The number of aliphatic hydroxyl groups excluding tert-OH is 1. The van der Waals surface area contributed by atoms with Crippen molar-refractivity contribution in [2.75, 3.05) is 6.61 Å². The normalized spacial score (nSPS) is 46.8. The summed E-state index contributed by atoms with van der Waals surface area (Å²) in [6, 6.07) is 0. The zero-order valence-corrected chi connectivity index (χ0v) is 23.7. The summed E-state index contributed by atoms with van der Waals surface area (Å²) in [5.41, 5.74) is 0.355. The van der Waals surface area contributed by atoms with Crippen molar-refractivity contribution >= 4 is 5.97 Å². The number of aliphatic hydroxyl groups is 2. The number of ether oxygens (including phenoxy) is 4. The highest BCUT2D eigenvalue weighted by Crippen LogP contribution is 2.46. The molecule has 0 radical (unpaired) electrons. The minimum atomic E-state index is -1.80. The summed E-state index contributed by atoms with van der Waals surface area (Å²) in [6.45, 7) is 12.7. The van der Waals surface area contributed by atoms with Gasteiger partial charge in [0.25, 0.3) is 0 Å². The summed E-state index contributed by atoms with van der Waals surface area (Å²) in [6.07, 6.45) is 12.0. The van der Waals surface area contributed by atoms with E-state index >= 15 is 0 Å². The molecule has 3 saturated heterocycles. The summed E-state index contributed by atoms with van der Waals surface area (Å²) < 4.78 is 25.3. The molecule has 0 unspecified atom stereocenters. The molecule has 214 valence electrons. The summed E-state index contributed by atoms with van der Waals surface area (Å²) >= 11 is 0. The third-order valence-electron chi connectivity index (χ3n) is 9.16. The first kappa shape index (κ1) is 28.5. The molecule has 7 nitrogen and oxygen atoms in total. The Morgan fingerprint density at radius 1 is 1.21 bits per heavy atom. The molecule has 5 rings (SSSR count). The molecule has 0 aromatic rings. The summed E-state index contributed by atoms with van der Waals surface area (Å²) in [4.78, 5) is 13.8. The quantitative estimate of drug-likeness (QED) is 0.363. The average Bonchev–Trinajstić information content (AvgIpc) is 3.23. The first-order chi connectivity index (χ1) is 18.5. The molecule has 5 aliphatic rings.